The van der Waals surface area contributed by atoms with Crippen LogP contribution in [-0.2, 0) is 38.7 Å². The minimum atomic E-state index is -4.60. The predicted molar refractivity (Wildman–Crippen MR) is 206 cm³/mol. The van der Waals surface area contributed by atoms with Crippen LogP contribution in [0.1, 0.15) is 162 Å². The average Bonchev–Trinajstić information content (AvgIpc) is 3.12. The molecule has 1 heterocycles. The van der Waals surface area contributed by atoms with Crippen molar-refractivity contribution in [1.29, 1.82) is 0 Å². The Morgan fingerprint density at radius 3 is 1.72 bits per heavy atom. The van der Waals surface area contributed by atoms with Crippen molar-refractivity contribution in [2.75, 3.05) is 19.0 Å². The summed E-state index contributed by atoms with van der Waals surface area (Å²) < 4.78 is 53.8. The maximum Gasteiger partial charge on any atom is 0.306 e. The average molecular weight is 777 g/mol. The molecule has 2 unspecified atom stereocenters. The number of hydrogen-bond acceptors (Lipinski definition) is 11. The molecular weight excluding hydrogens is 704 g/mol. The molecule has 53 heavy (non-hydrogen) atoms. The van der Waals surface area contributed by atoms with Gasteiger partial charge in [-0.25, -0.2) is 0 Å². The topological polar surface area (TPSA) is 186 Å². The molecule has 4 N–H and O–H groups in total. The second kappa shape index (κ2) is 31.3. The number of allylic oxidation sites excluding steroid dienone is 4. The molecule has 13 heteroatoms. The van der Waals surface area contributed by atoms with Gasteiger partial charge in [0.2, 0.25) is 0 Å². The van der Waals surface area contributed by atoms with Crippen molar-refractivity contribution in [3.63, 3.8) is 0 Å². The lowest BCUT2D eigenvalue weighted by atomic mass is 10.00. The number of esters is 2. The molecule has 0 aromatic heterocycles. The van der Waals surface area contributed by atoms with Crippen LogP contribution in [0.15, 0.2) is 24.3 Å². The van der Waals surface area contributed by atoms with Crippen LogP contribution in [0.5, 0.6) is 0 Å². The largest absolute Gasteiger partial charge is 0.462 e. The molecule has 1 aliphatic rings. The molecule has 0 aromatic carbocycles. The van der Waals surface area contributed by atoms with Crippen LogP contribution in [0.25, 0.3) is 0 Å². The fourth-order valence-corrected chi connectivity index (χ4v) is 6.74. The van der Waals surface area contributed by atoms with Gasteiger partial charge in [0.25, 0.3) is 10.1 Å². The van der Waals surface area contributed by atoms with Crippen molar-refractivity contribution < 1.29 is 56.8 Å². The van der Waals surface area contributed by atoms with E-state index in [4.69, 9.17) is 18.9 Å². The molecule has 0 saturated carbocycles. The summed E-state index contributed by atoms with van der Waals surface area (Å²) in [6, 6.07) is 0. The Morgan fingerprint density at radius 1 is 0.642 bits per heavy atom. The van der Waals surface area contributed by atoms with Gasteiger partial charge in [-0.15, -0.1) is 0 Å². The van der Waals surface area contributed by atoms with Crippen LogP contribution >= 0.6 is 0 Å². The first-order chi connectivity index (χ1) is 25.5. The van der Waals surface area contributed by atoms with Gasteiger partial charge in [0.05, 0.1) is 6.61 Å². The van der Waals surface area contributed by atoms with E-state index >= 15 is 0 Å². The number of unbranched alkanes of at least 4 members (excludes halogenated alkanes) is 17. The summed E-state index contributed by atoms with van der Waals surface area (Å²) in [5, 5.41) is 30.8. The zero-order valence-corrected chi connectivity index (χ0v) is 33.4. The van der Waals surface area contributed by atoms with Crippen LogP contribution in [0, 0.1) is 0 Å². The summed E-state index contributed by atoms with van der Waals surface area (Å²) in [7, 11) is -4.60. The van der Waals surface area contributed by atoms with Gasteiger partial charge in [0, 0.05) is 12.8 Å². The molecule has 12 nitrogen and oxygen atoms in total. The van der Waals surface area contributed by atoms with Gasteiger partial charge in [-0.3, -0.25) is 14.1 Å². The van der Waals surface area contributed by atoms with E-state index in [2.05, 4.69) is 38.2 Å². The lowest BCUT2D eigenvalue weighted by Crippen LogP contribution is -2.60. The van der Waals surface area contributed by atoms with Crippen molar-refractivity contribution in [2.45, 2.75) is 198 Å². The lowest BCUT2D eigenvalue weighted by Gasteiger charge is -2.40. The summed E-state index contributed by atoms with van der Waals surface area (Å²) in [5.74, 6) is -2.00. The van der Waals surface area contributed by atoms with Crippen molar-refractivity contribution in [3.05, 3.63) is 24.3 Å². The zero-order chi connectivity index (χ0) is 39.2. The maximum atomic E-state index is 12.7. The normalized spacial score (nSPS) is 21.4. The maximum absolute atomic E-state index is 12.7. The molecule has 0 radical (unpaired) electrons. The zero-order valence-electron chi connectivity index (χ0n) is 32.6. The van der Waals surface area contributed by atoms with Gasteiger partial charge < -0.3 is 34.3 Å². The molecule has 0 aromatic rings. The predicted octanol–water partition coefficient (Wildman–Crippen LogP) is 7.28. The van der Waals surface area contributed by atoms with E-state index in [0.717, 1.165) is 64.2 Å². The van der Waals surface area contributed by atoms with E-state index in [-0.39, 0.29) is 19.4 Å². The minimum absolute atomic E-state index is 0.164. The second-order valence-corrected chi connectivity index (χ2v) is 15.8. The first-order valence-corrected chi connectivity index (χ1v) is 22.0. The minimum Gasteiger partial charge on any atom is -0.462 e. The van der Waals surface area contributed by atoms with E-state index in [9.17, 15) is 37.9 Å². The van der Waals surface area contributed by atoms with Crippen molar-refractivity contribution in [3.8, 4) is 0 Å². The van der Waals surface area contributed by atoms with Crippen molar-refractivity contribution >= 4 is 22.1 Å². The highest BCUT2D eigenvalue weighted by molar-refractivity contribution is 7.85. The fraction of sp³-hybridized carbons (Fsp3) is 0.850. The van der Waals surface area contributed by atoms with Crippen molar-refractivity contribution in [1.82, 2.24) is 0 Å². The van der Waals surface area contributed by atoms with Gasteiger partial charge >= 0.3 is 11.9 Å². The highest BCUT2D eigenvalue weighted by Gasteiger charge is 2.46. The molecule has 0 bridgehead atoms. The monoisotopic (exact) mass is 776 g/mol. The number of aliphatic hydroxyl groups is 3. The molecule has 0 aliphatic carbocycles. The highest BCUT2D eigenvalue weighted by Crippen LogP contribution is 2.24. The quantitative estimate of drug-likeness (QED) is 0.0226. The Kier molecular flexibility index (Phi) is 29.1. The lowest BCUT2D eigenvalue weighted by molar-refractivity contribution is -0.297. The third-order valence-corrected chi connectivity index (χ3v) is 10.0. The third kappa shape index (κ3) is 26.6. The summed E-state index contributed by atoms with van der Waals surface area (Å²) in [4.78, 5) is 25.2. The van der Waals surface area contributed by atoms with Gasteiger partial charge in [-0.1, -0.05) is 134 Å². The van der Waals surface area contributed by atoms with E-state index in [1.807, 2.05) is 0 Å². The first-order valence-electron chi connectivity index (χ1n) is 20.4. The van der Waals surface area contributed by atoms with E-state index in [0.29, 0.717) is 12.8 Å². The SMILES string of the molecule is CCCC/C=C/C/C=C/CCCCCCCC(=O)OC[C@H](CO[C@H]1O[C@H](CS(=O)(=O)O)[C@@H](O)C(O)C1O)OC(=O)CCCCCCCCCCCCC. The number of rotatable bonds is 33. The standard InChI is InChI=1S/C40H72O12S/c1-3-5-7-9-11-13-15-16-17-19-20-22-24-26-28-35(41)49-30-33(51-36(42)29-27-25-23-21-18-14-12-10-8-6-4-2)31-50-40-39(45)38(44)37(43)34(52-40)32-53(46,47)48/h9,11,15-16,33-34,37-40,43-45H,3-8,10,12-14,17-32H2,1-2H3,(H,46,47,48)/b11-9+,16-15+/t33-,34-,37-,38?,39?,40+/m1/s1. The van der Waals surface area contributed by atoms with Gasteiger partial charge in [0.1, 0.15) is 36.8 Å². The number of aliphatic hydroxyl groups excluding tert-OH is 3. The fourth-order valence-electron chi connectivity index (χ4n) is 6.04. The Labute approximate surface area is 319 Å². The molecule has 6 atom stereocenters. The van der Waals surface area contributed by atoms with Crippen LogP contribution in [0.4, 0.5) is 0 Å². The van der Waals surface area contributed by atoms with E-state index in [1.165, 1.54) is 57.8 Å². The molecular formula is C40H72O12S. The molecule has 1 saturated heterocycles. The Balaban J connectivity index is 2.51. The Bertz CT molecular complexity index is 1100. The molecule has 0 spiro atoms. The van der Waals surface area contributed by atoms with Crippen LogP contribution in [-0.4, -0.2) is 96.0 Å². The molecule has 1 fully saturated rings. The molecule has 1 rings (SSSR count). The Morgan fingerprint density at radius 2 is 1.15 bits per heavy atom. The summed E-state index contributed by atoms with van der Waals surface area (Å²) in [6.45, 7) is 3.68. The number of carbonyl (C=O) groups is 2. The molecule has 310 valence electrons. The summed E-state index contributed by atoms with van der Waals surface area (Å²) >= 11 is 0. The van der Waals surface area contributed by atoms with Gasteiger partial charge in [0.15, 0.2) is 12.4 Å². The summed E-state index contributed by atoms with van der Waals surface area (Å²) in [5.41, 5.74) is 0. The number of hydrogen-bond donors (Lipinski definition) is 4. The number of ether oxygens (including phenoxy) is 4. The first kappa shape index (κ1) is 49.1. The van der Waals surface area contributed by atoms with Crippen LogP contribution < -0.4 is 0 Å². The van der Waals surface area contributed by atoms with E-state index < -0.39 is 71.2 Å². The summed E-state index contributed by atoms with van der Waals surface area (Å²) in [6.07, 6.45) is 22.3. The second-order valence-electron chi connectivity index (χ2n) is 14.3. The molecule has 0 amide bonds. The third-order valence-electron chi connectivity index (χ3n) is 9.28. The van der Waals surface area contributed by atoms with Crippen LogP contribution in [0.2, 0.25) is 0 Å². The Hall–Kier alpha value is -1.87. The highest BCUT2D eigenvalue weighted by atomic mass is 32.2. The number of carbonyl (C=O) groups excluding carboxylic acids is 2. The molecule has 1 aliphatic heterocycles. The van der Waals surface area contributed by atoms with E-state index in [1.54, 1.807) is 0 Å². The van der Waals surface area contributed by atoms with Crippen LogP contribution in [0.3, 0.4) is 0 Å². The van der Waals surface area contributed by atoms with Gasteiger partial charge in [-0.2, -0.15) is 8.42 Å². The van der Waals surface area contributed by atoms with Gasteiger partial charge in [-0.05, 0) is 38.5 Å². The smallest absolute Gasteiger partial charge is 0.306 e. The van der Waals surface area contributed by atoms with Crippen molar-refractivity contribution in [2.24, 2.45) is 0 Å².